The van der Waals surface area contributed by atoms with Gasteiger partial charge < -0.3 is 14.5 Å². The third-order valence-electron chi connectivity index (χ3n) is 4.93. The molecular formula is C21H24N6O2. The van der Waals surface area contributed by atoms with Crippen molar-refractivity contribution in [3.05, 3.63) is 59.9 Å². The molecule has 1 amide bonds. The van der Waals surface area contributed by atoms with Crippen molar-refractivity contribution in [2.75, 3.05) is 37.7 Å². The molecule has 0 unspecified atom stereocenters. The lowest BCUT2D eigenvalue weighted by atomic mass is 10.2. The van der Waals surface area contributed by atoms with Gasteiger partial charge in [-0.05, 0) is 44.2 Å². The number of benzene rings is 1. The molecule has 0 N–H and O–H groups in total. The second kappa shape index (κ2) is 8.30. The van der Waals surface area contributed by atoms with Crippen molar-refractivity contribution in [2.45, 2.75) is 13.8 Å². The maximum Gasteiger partial charge on any atom is 0.260 e. The van der Waals surface area contributed by atoms with Crippen molar-refractivity contribution in [2.24, 2.45) is 0 Å². The quantitative estimate of drug-likeness (QED) is 0.661. The Bertz CT molecular complexity index is 960. The fraction of sp³-hybridized carbons (Fsp3) is 0.333. The Kier molecular flexibility index (Phi) is 5.41. The average Bonchev–Trinajstić information content (AvgIpc) is 3.20. The number of hydrogen-bond acceptors (Lipinski definition) is 6. The average molecular weight is 392 g/mol. The number of hydrogen-bond donors (Lipinski definition) is 0. The largest absolute Gasteiger partial charge is 0.484 e. The normalized spacial score (nSPS) is 14.1. The van der Waals surface area contributed by atoms with Crippen LogP contribution in [0.2, 0.25) is 0 Å². The van der Waals surface area contributed by atoms with Crippen molar-refractivity contribution in [3.63, 3.8) is 0 Å². The Morgan fingerprint density at radius 2 is 1.62 bits per heavy atom. The second-order valence-electron chi connectivity index (χ2n) is 7.12. The van der Waals surface area contributed by atoms with E-state index in [2.05, 4.69) is 20.2 Å². The summed E-state index contributed by atoms with van der Waals surface area (Å²) in [7, 11) is 0. The fourth-order valence-corrected chi connectivity index (χ4v) is 3.21. The van der Waals surface area contributed by atoms with Crippen LogP contribution in [0.3, 0.4) is 0 Å². The Morgan fingerprint density at radius 3 is 2.24 bits per heavy atom. The molecule has 0 spiro atoms. The first-order valence-electron chi connectivity index (χ1n) is 9.67. The van der Waals surface area contributed by atoms with Gasteiger partial charge >= 0.3 is 0 Å². The molecule has 1 aliphatic rings. The van der Waals surface area contributed by atoms with Crippen LogP contribution < -0.4 is 9.64 Å². The third-order valence-corrected chi connectivity index (χ3v) is 4.93. The van der Waals surface area contributed by atoms with E-state index < -0.39 is 0 Å². The lowest BCUT2D eigenvalue weighted by Crippen LogP contribution is -2.50. The van der Waals surface area contributed by atoms with Gasteiger partial charge in [0.15, 0.2) is 18.2 Å². The van der Waals surface area contributed by atoms with Gasteiger partial charge in [0.25, 0.3) is 5.91 Å². The molecule has 8 heteroatoms. The van der Waals surface area contributed by atoms with Crippen LogP contribution >= 0.6 is 0 Å². The molecule has 150 valence electrons. The van der Waals surface area contributed by atoms with Gasteiger partial charge in [-0.3, -0.25) is 4.79 Å². The summed E-state index contributed by atoms with van der Waals surface area (Å²) in [6.45, 7) is 6.71. The Labute approximate surface area is 169 Å². The number of aryl methyl sites for hydroxylation is 2. The number of ether oxygens (including phenoxy) is 1. The van der Waals surface area contributed by atoms with Crippen LogP contribution in [0.4, 0.5) is 5.82 Å². The SMILES string of the molecule is Cc1ccc(OCC(=O)N2CCN(c3ccc(-n4ccc(C)n4)nn3)CC2)cc1. The maximum absolute atomic E-state index is 12.4. The molecule has 0 saturated carbocycles. The minimum atomic E-state index is 0.000657. The van der Waals surface area contributed by atoms with Crippen LogP contribution in [0.15, 0.2) is 48.7 Å². The number of carbonyl (C=O) groups is 1. The van der Waals surface area contributed by atoms with Crippen molar-refractivity contribution < 1.29 is 9.53 Å². The predicted octanol–water partition coefficient (Wildman–Crippen LogP) is 2.01. The maximum atomic E-state index is 12.4. The van der Waals surface area contributed by atoms with E-state index in [1.165, 1.54) is 0 Å². The van der Waals surface area contributed by atoms with Gasteiger partial charge in [0.1, 0.15) is 5.75 Å². The fourth-order valence-electron chi connectivity index (χ4n) is 3.21. The Morgan fingerprint density at radius 1 is 0.931 bits per heavy atom. The molecule has 8 nitrogen and oxygen atoms in total. The molecule has 1 aliphatic heterocycles. The summed E-state index contributed by atoms with van der Waals surface area (Å²) < 4.78 is 7.31. The minimum absolute atomic E-state index is 0.000657. The van der Waals surface area contributed by atoms with E-state index in [1.807, 2.05) is 67.4 Å². The standard InChI is InChI=1S/C21H24N6O2/c1-16-3-5-18(6-4-16)29-15-21(28)26-13-11-25(12-14-26)19-7-8-20(23-22-19)27-10-9-17(2)24-27/h3-10H,11-15H2,1-2H3. The number of amides is 1. The summed E-state index contributed by atoms with van der Waals surface area (Å²) in [5.41, 5.74) is 2.10. The molecule has 0 bridgehead atoms. The highest BCUT2D eigenvalue weighted by molar-refractivity contribution is 5.78. The molecule has 4 rings (SSSR count). The molecule has 1 saturated heterocycles. The molecule has 2 aromatic heterocycles. The first kappa shape index (κ1) is 18.9. The molecule has 0 atom stereocenters. The van der Waals surface area contributed by atoms with Crippen molar-refractivity contribution in [3.8, 4) is 11.6 Å². The zero-order chi connectivity index (χ0) is 20.2. The smallest absolute Gasteiger partial charge is 0.260 e. The summed E-state index contributed by atoms with van der Waals surface area (Å²) in [5.74, 6) is 2.20. The van der Waals surface area contributed by atoms with Gasteiger partial charge in [0.2, 0.25) is 0 Å². The van der Waals surface area contributed by atoms with Crippen LogP contribution in [0.1, 0.15) is 11.3 Å². The van der Waals surface area contributed by atoms with E-state index in [4.69, 9.17) is 4.74 Å². The van der Waals surface area contributed by atoms with E-state index in [0.29, 0.717) is 37.7 Å². The van der Waals surface area contributed by atoms with Crippen LogP contribution in [0.25, 0.3) is 5.82 Å². The molecule has 3 heterocycles. The number of rotatable bonds is 5. The number of aromatic nitrogens is 4. The van der Waals surface area contributed by atoms with Crippen LogP contribution in [0, 0.1) is 13.8 Å². The van der Waals surface area contributed by atoms with Gasteiger partial charge in [0, 0.05) is 32.4 Å². The van der Waals surface area contributed by atoms with E-state index in [1.54, 1.807) is 4.68 Å². The number of piperazine rings is 1. The molecule has 29 heavy (non-hydrogen) atoms. The molecule has 0 radical (unpaired) electrons. The summed E-state index contributed by atoms with van der Waals surface area (Å²) in [6.07, 6.45) is 1.86. The van der Waals surface area contributed by atoms with Crippen LogP contribution in [-0.2, 0) is 4.79 Å². The molecular weight excluding hydrogens is 368 g/mol. The molecule has 1 fully saturated rings. The first-order chi connectivity index (χ1) is 14.1. The molecule has 3 aromatic rings. The molecule has 0 aliphatic carbocycles. The first-order valence-corrected chi connectivity index (χ1v) is 9.67. The van der Waals surface area contributed by atoms with Gasteiger partial charge in [-0.2, -0.15) is 5.10 Å². The second-order valence-corrected chi connectivity index (χ2v) is 7.12. The van der Waals surface area contributed by atoms with Crippen molar-refractivity contribution in [1.29, 1.82) is 0 Å². The lowest BCUT2D eigenvalue weighted by Gasteiger charge is -2.35. The van der Waals surface area contributed by atoms with Crippen LogP contribution in [-0.4, -0.2) is 63.6 Å². The van der Waals surface area contributed by atoms with Gasteiger partial charge in [-0.25, -0.2) is 4.68 Å². The molecule has 1 aromatic carbocycles. The van der Waals surface area contributed by atoms with E-state index >= 15 is 0 Å². The van der Waals surface area contributed by atoms with Crippen LogP contribution in [0.5, 0.6) is 5.75 Å². The number of nitrogens with zero attached hydrogens (tertiary/aromatic N) is 6. The number of carbonyl (C=O) groups excluding carboxylic acids is 1. The lowest BCUT2D eigenvalue weighted by molar-refractivity contribution is -0.133. The zero-order valence-electron chi connectivity index (χ0n) is 16.7. The number of anilines is 1. The summed E-state index contributed by atoms with van der Waals surface area (Å²) in [6, 6.07) is 13.5. The van der Waals surface area contributed by atoms with Gasteiger partial charge in [-0.1, -0.05) is 17.7 Å². The van der Waals surface area contributed by atoms with E-state index in [9.17, 15) is 4.79 Å². The monoisotopic (exact) mass is 392 g/mol. The van der Waals surface area contributed by atoms with Gasteiger partial charge in [-0.15, -0.1) is 10.2 Å². The van der Waals surface area contributed by atoms with Gasteiger partial charge in [0.05, 0.1) is 5.69 Å². The van der Waals surface area contributed by atoms with E-state index in [-0.39, 0.29) is 12.5 Å². The third kappa shape index (κ3) is 4.53. The van der Waals surface area contributed by atoms with Crippen molar-refractivity contribution in [1.82, 2.24) is 24.9 Å². The van der Waals surface area contributed by atoms with E-state index in [0.717, 1.165) is 17.1 Å². The summed E-state index contributed by atoms with van der Waals surface area (Å²) in [4.78, 5) is 16.4. The highest BCUT2D eigenvalue weighted by Crippen LogP contribution is 2.15. The predicted molar refractivity (Wildman–Crippen MR) is 109 cm³/mol. The zero-order valence-corrected chi connectivity index (χ0v) is 16.7. The van der Waals surface area contributed by atoms with Crippen molar-refractivity contribution >= 4 is 11.7 Å². The topological polar surface area (TPSA) is 76.4 Å². The summed E-state index contributed by atoms with van der Waals surface area (Å²) in [5, 5.41) is 12.9. The summed E-state index contributed by atoms with van der Waals surface area (Å²) >= 11 is 0. The minimum Gasteiger partial charge on any atom is -0.484 e. The Hall–Kier alpha value is -3.42. The highest BCUT2D eigenvalue weighted by Gasteiger charge is 2.22. The highest BCUT2D eigenvalue weighted by atomic mass is 16.5. The Balaban J connectivity index is 1.28.